The Morgan fingerprint density at radius 3 is 2.44 bits per heavy atom. The monoisotopic (exact) mass is 290 g/mol. The largest absolute Gasteiger partial charge is 0.370 e. The van der Waals surface area contributed by atoms with Crippen LogP contribution in [-0.2, 0) is 9.53 Å². The molecule has 1 aliphatic rings. The van der Waals surface area contributed by atoms with Crippen molar-refractivity contribution in [3.05, 3.63) is 32.3 Å². The van der Waals surface area contributed by atoms with Crippen LogP contribution in [0.2, 0.25) is 10.0 Å². The molecule has 8 heteroatoms. The van der Waals surface area contributed by atoms with E-state index in [2.05, 4.69) is 0 Å². The zero-order valence-corrected chi connectivity index (χ0v) is 10.6. The van der Waals surface area contributed by atoms with Gasteiger partial charge in [0.1, 0.15) is 6.61 Å². The molecule has 0 aromatic heterocycles. The fourth-order valence-corrected chi connectivity index (χ4v) is 2.35. The van der Waals surface area contributed by atoms with Gasteiger partial charge >= 0.3 is 0 Å². The Morgan fingerprint density at radius 2 is 1.94 bits per heavy atom. The lowest BCUT2D eigenvalue weighted by Crippen LogP contribution is -2.42. The summed E-state index contributed by atoms with van der Waals surface area (Å²) >= 11 is 11.9. The molecule has 1 aromatic carbocycles. The molecule has 2 rings (SSSR count). The van der Waals surface area contributed by atoms with Crippen LogP contribution in [-0.4, -0.2) is 30.6 Å². The van der Waals surface area contributed by atoms with E-state index in [1.807, 2.05) is 0 Å². The number of carbonyl (C=O) groups excluding carboxylic acids is 1. The van der Waals surface area contributed by atoms with Crippen LogP contribution >= 0.6 is 23.2 Å². The number of rotatable bonds is 2. The summed E-state index contributed by atoms with van der Waals surface area (Å²) in [6.07, 6.45) is 0. The van der Waals surface area contributed by atoms with Crippen LogP contribution in [0, 0.1) is 10.1 Å². The lowest BCUT2D eigenvalue weighted by atomic mass is 10.2. The highest BCUT2D eigenvalue weighted by Crippen LogP contribution is 2.37. The lowest BCUT2D eigenvalue weighted by Gasteiger charge is -2.28. The first kappa shape index (κ1) is 13.1. The molecule has 1 fully saturated rings. The molecule has 0 spiro atoms. The maximum absolute atomic E-state index is 11.7. The molecular formula is C10H8Cl2N2O4. The number of anilines is 1. The Hall–Kier alpha value is -1.37. The lowest BCUT2D eigenvalue weighted by molar-refractivity contribution is -0.384. The Balaban J connectivity index is 2.44. The molecule has 1 aliphatic heterocycles. The van der Waals surface area contributed by atoms with Crippen molar-refractivity contribution in [3.63, 3.8) is 0 Å². The van der Waals surface area contributed by atoms with Crippen LogP contribution in [0.15, 0.2) is 12.1 Å². The zero-order chi connectivity index (χ0) is 13.3. The second-order valence-electron chi connectivity index (χ2n) is 3.61. The van der Waals surface area contributed by atoms with Crippen LogP contribution in [0.3, 0.4) is 0 Å². The molecule has 0 bridgehead atoms. The van der Waals surface area contributed by atoms with Crippen molar-refractivity contribution in [2.75, 3.05) is 24.7 Å². The van der Waals surface area contributed by atoms with Gasteiger partial charge in [-0.05, 0) is 0 Å². The van der Waals surface area contributed by atoms with Crippen LogP contribution in [0.25, 0.3) is 0 Å². The smallest absolute Gasteiger partial charge is 0.272 e. The number of nitrogens with zero attached hydrogens (tertiary/aromatic N) is 2. The third-order valence-corrected chi connectivity index (χ3v) is 3.04. The van der Waals surface area contributed by atoms with E-state index in [-0.39, 0.29) is 33.9 Å². The first-order chi connectivity index (χ1) is 8.50. The van der Waals surface area contributed by atoms with E-state index in [0.29, 0.717) is 13.2 Å². The molecule has 0 atom stereocenters. The van der Waals surface area contributed by atoms with Gasteiger partial charge < -0.3 is 9.64 Å². The summed E-state index contributed by atoms with van der Waals surface area (Å²) in [4.78, 5) is 23.1. The first-order valence-corrected chi connectivity index (χ1v) is 5.78. The molecule has 0 unspecified atom stereocenters. The molecule has 1 saturated heterocycles. The van der Waals surface area contributed by atoms with Gasteiger partial charge in [0, 0.05) is 18.7 Å². The molecular weight excluding hydrogens is 283 g/mol. The van der Waals surface area contributed by atoms with Gasteiger partial charge in [-0.15, -0.1) is 0 Å². The average molecular weight is 291 g/mol. The quantitative estimate of drug-likeness (QED) is 0.619. The molecule has 0 radical (unpaired) electrons. The number of amides is 1. The van der Waals surface area contributed by atoms with Crippen molar-refractivity contribution < 1.29 is 14.5 Å². The highest BCUT2D eigenvalue weighted by molar-refractivity contribution is 6.40. The molecule has 96 valence electrons. The number of hydrogen-bond donors (Lipinski definition) is 0. The summed E-state index contributed by atoms with van der Waals surface area (Å²) in [7, 11) is 0. The summed E-state index contributed by atoms with van der Waals surface area (Å²) in [5, 5.41) is 10.8. The number of nitro groups is 1. The Kier molecular flexibility index (Phi) is 3.70. The topological polar surface area (TPSA) is 72.7 Å². The molecule has 18 heavy (non-hydrogen) atoms. The van der Waals surface area contributed by atoms with Crippen LogP contribution in [0.1, 0.15) is 0 Å². The predicted molar refractivity (Wildman–Crippen MR) is 66.3 cm³/mol. The third-order valence-electron chi connectivity index (χ3n) is 2.47. The number of ether oxygens (including phenoxy) is 1. The third kappa shape index (κ3) is 2.40. The van der Waals surface area contributed by atoms with Crippen molar-refractivity contribution in [2.45, 2.75) is 0 Å². The summed E-state index contributed by atoms with van der Waals surface area (Å²) in [6.45, 7) is 0.634. The maximum Gasteiger partial charge on any atom is 0.272 e. The molecule has 0 aliphatic carbocycles. The van der Waals surface area contributed by atoms with E-state index < -0.39 is 4.92 Å². The minimum absolute atomic E-state index is 0.0519. The van der Waals surface area contributed by atoms with Gasteiger partial charge in [0.2, 0.25) is 0 Å². The SMILES string of the molecule is O=C1COCCN1c1c(Cl)cc([N+](=O)[O-])cc1Cl. The minimum atomic E-state index is -0.595. The molecule has 6 nitrogen and oxygen atoms in total. The fourth-order valence-electron chi connectivity index (χ4n) is 1.67. The summed E-state index contributed by atoms with van der Waals surface area (Å²) < 4.78 is 4.99. The highest BCUT2D eigenvalue weighted by atomic mass is 35.5. The molecule has 1 amide bonds. The van der Waals surface area contributed by atoms with E-state index in [1.165, 1.54) is 17.0 Å². The van der Waals surface area contributed by atoms with Crippen molar-refractivity contribution in [1.82, 2.24) is 0 Å². The number of nitro benzene ring substituents is 1. The van der Waals surface area contributed by atoms with Gasteiger partial charge in [0.15, 0.2) is 0 Å². The number of hydrogen-bond acceptors (Lipinski definition) is 4. The van der Waals surface area contributed by atoms with E-state index in [1.54, 1.807) is 0 Å². The second-order valence-corrected chi connectivity index (χ2v) is 4.43. The molecule has 0 saturated carbocycles. The predicted octanol–water partition coefficient (Wildman–Crippen LogP) is 2.26. The fraction of sp³-hybridized carbons (Fsp3) is 0.300. The number of benzene rings is 1. The van der Waals surface area contributed by atoms with Crippen molar-refractivity contribution in [2.24, 2.45) is 0 Å². The highest BCUT2D eigenvalue weighted by Gasteiger charge is 2.26. The van der Waals surface area contributed by atoms with Crippen molar-refractivity contribution in [1.29, 1.82) is 0 Å². The van der Waals surface area contributed by atoms with Gasteiger partial charge in [-0.3, -0.25) is 14.9 Å². The standard InChI is InChI=1S/C10H8Cl2N2O4/c11-7-3-6(14(16)17)4-8(12)10(7)13-1-2-18-5-9(13)15/h3-4H,1-2,5H2. The molecule has 1 heterocycles. The van der Waals surface area contributed by atoms with Gasteiger partial charge in [0.05, 0.1) is 27.3 Å². The Bertz CT molecular complexity index is 498. The Labute approximate surface area is 112 Å². The number of carbonyl (C=O) groups is 1. The number of non-ortho nitro benzene ring substituents is 1. The summed E-state index contributed by atoms with van der Waals surface area (Å²) in [5.74, 6) is -0.279. The molecule has 1 aromatic rings. The van der Waals surface area contributed by atoms with E-state index in [0.717, 1.165) is 0 Å². The number of morpholine rings is 1. The van der Waals surface area contributed by atoms with Gasteiger partial charge in [0.25, 0.3) is 11.6 Å². The molecule has 0 N–H and O–H groups in total. The Morgan fingerprint density at radius 1 is 1.33 bits per heavy atom. The van der Waals surface area contributed by atoms with Crippen LogP contribution < -0.4 is 4.90 Å². The van der Waals surface area contributed by atoms with Crippen molar-refractivity contribution in [3.8, 4) is 0 Å². The summed E-state index contributed by atoms with van der Waals surface area (Å²) in [6, 6.07) is 2.34. The normalized spacial score (nSPS) is 15.9. The van der Waals surface area contributed by atoms with E-state index in [9.17, 15) is 14.9 Å². The van der Waals surface area contributed by atoms with E-state index in [4.69, 9.17) is 27.9 Å². The van der Waals surface area contributed by atoms with Gasteiger partial charge in [-0.1, -0.05) is 23.2 Å². The maximum atomic E-state index is 11.7. The number of halogens is 2. The summed E-state index contributed by atoms with van der Waals surface area (Å²) in [5.41, 5.74) is 0.0756. The average Bonchev–Trinajstić information content (AvgIpc) is 2.30. The van der Waals surface area contributed by atoms with Crippen LogP contribution in [0.4, 0.5) is 11.4 Å². The first-order valence-electron chi connectivity index (χ1n) is 5.02. The van der Waals surface area contributed by atoms with Gasteiger partial charge in [-0.25, -0.2) is 0 Å². The van der Waals surface area contributed by atoms with E-state index >= 15 is 0 Å². The van der Waals surface area contributed by atoms with Crippen molar-refractivity contribution >= 4 is 40.5 Å². The zero-order valence-electron chi connectivity index (χ0n) is 9.06. The second kappa shape index (κ2) is 5.09. The minimum Gasteiger partial charge on any atom is -0.370 e. The van der Waals surface area contributed by atoms with Gasteiger partial charge in [-0.2, -0.15) is 0 Å². The van der Waals surface area contributed by atoms with Crippen LogP contribution in [0.5, 0.6) is 0 Å².